The van der Waals surface area contributed by atoms with Gasteiger partial charge in [0.05, 0.1) is 6.54 Å². The molecule has 26 heavy (non-hydrogen) atoms. The first-order chi connectivity index (χ1) is 12.7. The second-order valence-electron chi connectivity index (χ2n) is 5.90. The number of guanidine groups is 1. The summed E-state index contributed by atoms with van der Waals surface area (Å²) in [7, 11) is 1.71. The molecular weight excluding hydrogens is 330 g/mol. The number of primary amides is 1. The van der Waals surface area contributed by atoms with Gasteiger partial charge in [-0.2, -0.15) is 0 Å². The number of nitrogens with zero attached hydrogens (tertiary/aromatic N) is 2. The van der Waals surface area contributed by atoms with Crippen LogP contribution >= 0.6 is 0 Å². The third-order valence-electron chi connectivity index (χ3n) is 4.11. The molecule has 0 radical (unpaired) electrons. The standard InChI is InChI=1S/C19H23N5O2/c1-21-19(23-13-15-7-8-17(26-15)18(20)25)22-10-4-11-24-12-9-14-5-2-3-6-16(14)24/h2-3,5-9,12H,4,10-11,13H2,1H3,(H2,20,25)(H2,21,22,23). The number of aliphatic imine (C=N–C) groups is 1. The fraction of sp³-hybridized carbons (Fsp3) is 0.263. The molecule has 0 aliphatic carbocycles. The molecule has 0 spiro atoms. The third-order valence-corrected chi connectivity index (χ3v) is 4.11. The zero-order valence-corrected chi connectivity index (χ0v) is 14.7. The van der Waals surface area contributed by atoms with Crippen LogP contribution in [0.15, 0.2) is 58.1 Å². The normalized spacial score (nSPS) is 11.7. The van der Waals surface area contributed by atoms with Gasteiger partial charge in [-0.3, -0.25) is 9.79 Å². The molecule has 2 heterocycles. The fourth-order valence-corrected chi connectivity index (χ4v) is 2.79. The van der Waals surface area contributed by atoms with Crippen molar-refractivity contribution in [2.75, 3.05) is 13.6 Å². The molecule has 0 aliphatic heterocycles. The van der Waals surface area contributed by atoms with Gasteiger partial charge in [0.1, 0.15) is 5.76 Å². The van der Waals surface area contributed by atoms with Crippen LogP contribution in [0.5, 0.6) is 0 Å². The molecule has 2 aromatic heterocycles. The number of benzene rings is 1. The van der Waals surface area contributed by atoms with Crippen molar-refractivity contribution in [3.05, 3.63) is 60.2 Å². The summed E-state index contributed by atoms with van der Waals surface area (Å²) in [6.45, 7) is 2.14. The van der Waals surface area contributed by atoms with E-state index in [1.54, 1.807) is 19.2 Å². The lowest BCUT2D eigenvalue weighted by atomic mass is 10.2. The maximum atomic E-state index is 11.0. The summed E-state index contributed by atoms with van der Waals surface area (Å²) in [5.41, 5.74) is 6.42. The number of carbonyl (C=O) groups is 1. The molecule has 136 valence electrons. The van der Waals surface area contributed by atoms with E-state index in [4.69, 9.17) is 10.2 Å². The average Bonchev–Trinajstić information content (AvgIpc) is 3.28. The van der Waals surface area contributed by atoms with Crippen LogP contribution < -0.4 is 16.4 Å². The smallest absolute Gasteiger partial charge is 0.284 e. The summed E-state index contributed by atoms with van der Waals surface area (Å²) >= 11 is 0. The lowest BCUT2D eigenvalue weighted by molar-refractivity contribution is 0.0972. The number of rotatable bonds is 7. The highest BCUT2D eigenvalue weighted by atomic mass is 16.3. The predicted molar refractivity (Wildman–Crippen MR) is 102 cm³/mol. The topological polar surface area (TPSA) is 97.6 Å². The number of hydrogen-bond donors (Lipinski definition) is 3. The van der Waals surface area contributed by atoms with Crippen LogP contribution in [0.2, 0.25) is 0 Å². The Balaban J connectivity index is 1.43. The van der Waals surface area contributed by atoms with Crippen LogP contribution in [0.1, 0.15) is 22.7 Å². The Kier molecular flexibility index (Phi) is 5.58. The molecule has 1 aromatic carbocycles. The minimum atomic E-state index is -0.573. The Hall–Kier alpha value is -3.22. The molecule has 1 amide bonds. The highest BCUT2D eigenvalue weighted by Crippen LogP contribution is 2.15. The van der Waals surface area contributed by atoms with Gasteiger partial charge in [-0.05, 0) is 36.1 Å². The SMILES string of the molecule is CN=C(NCCCn1ccc2ccccc21)NCc1ccc(C(N)=O)o1. The minimum Gasteiger partial charge on any atom is -0.454 e. The summed E-state index contributed by atoms with van der Waals surface area (Å²) in [6, 6.07) is 13.8. The first-order valence-electron chi connectivity index (χ1n) is 8.54. The van der Waals surface area contributed by atoms with E-state index in [1.165, 1.54) is 10.9 Å². The monoisotopic (exact) mass is 353 g/mol. The summed E-state index contributed by atoms with van der Waals surface area (Å²) in [6.07, 6.45) is 3.08. The largest absolute Gasteiger partial charge is 0.454 e. The predicted octanol–water partition coefficient (Wildman–Crippen LogP) is 2.09. The van der Waals surface area contributed by atoms with Crippen molar-refractivity contribution in [2.24, 2.45) is 10.7 Å². The van der Waals surface area contributed by atoms with Crippen LogP contribution in [0.4, 0.5) is 0 Å². The van der Waals surface area contributed by atoms with Crippen molar-refractivity contribution >= 4 is 22.8 Å². The highest BCUT2D eigenvalue weighted by Gasteiger charge is 2.07. The Labute approximate surface area is 151 Å². The van der Waals surface area contributed by atoms with Gasteiger partial charge in [-0.15, -0.1) is 0 Å². The molecule has 7 nitrogen and oxygen atoms in total. The molecule has 3 rings (SSSR count). The Morgan fingerprint density at radius 1 is 1.19 bits per heavy atom. The van der Waals surface area contributed by atoms with E-state index in [1.807, 2.05) is 0 Å². The summed E-state index contributed by atoms with van der Waals surface area (Å²) < 4.78 is 7.58. The Bertz CT molecular complexity index is 909. The first kappa shape index (κ1) is 17.6. The quantitative estimate of drug-likeness (QED) is 0.344. The second-order valence-corrected chi connectivity index (χ2v) is 5.90. The van der Waals surface area contributed by atoms with Gasteiger partial charge in [-0.1, -0.05) is 18.2 Å². The molecule has 0 bridgehead atoms. The second kappa shape index (κ2) is 8.24. The van der Waals surface area contributed by atoms with Crippen molar-refractivity contribution < 1.29 is 9.21 Å². The summed E-state index contributed by atoms with van der Waals surface area (Å²) in [5, 5.41) is 7.68. The summed E-state index contributed by atoms with van der Waals surface area (Å²) in [4.78, 5) is 15.2. The van der Waals surface area contributed by atoms with Gasteiger partial charge in [0.15, 0.2) is 11.7 Å². The van der Waals surface area contributed by atoms with Crippen molar-refractivity contribution in [1.29, 1.82) is 0 Å². The van der Waals surface area contributed by atoms with E-state index in [9.17, 15) is 4.79 Å². The number of nitrogens with one attached hydrogen (secondary N) is 2. The number of fused-ring (bicyclic) bond motifs is 1. The number of para-hydroxylation sites is 1. The molecule has 0 aliphatic rings. The number of carbonyl (C=O) groups excluding carboxylic acids is 1. The first-order valence-corrected chi connectivity index (χ1v) is 8.54. The maximum absolute atomic E-state index is 11.0. The summed E-state index contributed by atoms with van der Waals surface area (Å²) in [5.74, 6) is 0.889. The van der Waals surface area contributed by atoms with E-state index >= 15 is 0 Å². The van der Waals surface area contributed by atoms with E-state index in [0.29, 0.717) is 18.3 Å². The van der Waals surface area contributed by atoms with Gasteiger partial charge in [0, 0.05) is 31.9 Å². The lowest BCUT2D eigenvalue weighted by Gasteiger charge is -2.11. The van der Waals surface area contributed by atoms with Crippen molar-refractivity contribution in [1.82, 2.24) is 15.2 Å². The van der Waals surface area contributed by atoms with Crippen molar-refractivity contribution in [3.63, 3.8) is 0 Å². The van der Waals surface area contributed by atoms with Crippen molar-refractivity contribution in [3.8, 4) is 0 Å². The minimum absolute atomic E-state index is 0.156. The average molecular weight is 353 g/mol. The zero-order chi connectivity index (χ0) is 18.4. The van der Waals surface area contributed by atoms with E-state index in [0.717, 1.165) is 19.5 Å². The van der Waals surface area contributed by atoms with Crippen LogP contribution in [0, 0.1) is 0 Å². The van der Waals surface area contributed by atoms with Gasteiger partial charge in [0.2, 0.25) is 0 Å². The number of hydrogen-bond acceptors (Lipinski definition) is 3. The zero-order valence-electron chi connectivity index (χ0n) is 14.7. The van der Waals surface area contributed by atoms with Gasteiger partial charge < -0.3 is 25.4 Å². The Morgan fingerprint density at radius 3 is 2.81 bits per heavy atom. The van der Waals surface area contributed by atoms with E-state index in [-0.39, 0.29) is 5.76 Å². The van der Waals surface area contributed by atoms with Gasteiger partial charge in [-0.25, -0.2) is 0 Å². The number of aryl methyl sites for hydroxylation is 1. The highest BCUT2D eigenvalue weighted by molar-refractivity contribution is 5.89. The number of nitrogens with two attached hydrogens (primary N) is 1. The molecule has 0 saturated heterocycles. The van der Waals surface area contributed by atoms with Crippen LogP contribution in [0.25, 0.3) is 10.9 Å². The molecule has 0 saturated carbocycles. The van der Waals surface area contributed by atoms with Crippen LogP contribution in [0.3, 0.4) is 0 Å². The molecular formula is C19H23N5O2. The lowest BCUT2D eigenvalue weighted by Crippen LogP contribution is -2.37. The number of amides is 1. The fourth-order valence-electron chi connectivity index (χ4n) is 2.79. The molecule has 4 N–H and O–H groups in total. The number of aromatic nitrogens is 1. The van der Waals surface area contributed by atoms with Crippen LogP contribution in [-0.2, 0) is 13.1 Å². The van der Waals surface area contributed by atoms with Crippen LogP contribution in [-0.4, -0.2) is 30.0 Å². The molecule has 0 unspecified atom stereocenters. The molecule has 0 fully saturated rings. The third kappa shape index (κ3) is 4.24. The molecule has 3 aromatic rings. The maximum Gasteiger partial charge on any atom is 0.284 e. The van der Waals surface area contributed by atoms with E-state index < -0.39 is 5.91 Å². The van der Waals surface area contributed by atoms with Gasteiger partial charge in [0.25, 0.3) is 5.91 Å². The number of furan rings is 1. The van der Waals surface area contributed by atoms with Gasteiger partial charge >= 0.3 is 0 Å². The van der Waals surface area contributed by atoms with Crippen molar-refractivity contribution in [2.45, 2.75) is 19.5 Å². The van der Waals surface area contributed by atoms with E-state index in [2.05, 4.69) is 56.7 Å². The molecule has 7 heteroatoms. The molecule has 0 atom stereocenters. The Morgan fingerprint density at radius 2 is 2.04 bits per heavy atom.